The summed E-state index contributed by atoms with van der Waals surface area (Å²) in [6.45, 7) is 0.465. The van der Waals surface area contributed by atoms with E-state index in [9.17, 15) is 4.39 Å². The van der Waals surface area contributed by atoms with Gasteiger partial charge in [0.15, 0.2) is 0 Å². The van der Waals surface area contributed by atoms with Crippen LogP contribution in [0, 0.1) is 5.82 Å². The molecule has 0 aliphatic heterocycles. The van der Waals surface area contributed by atoms with Gasteiger partial charge in [-0.25, -0.2) is 4.39 Å². The summed E-state index contributed by atoms with van der Waals surface area (Å²) in [5.41, 5.74) is 0.591. The monoisotopic (exact) mass is 293 g/mol. The molecule has 0 aliphatic carbocycles. The van der Waals surface area contributed by atoms with Crippen molar-refractivity contribution in [3.05, 3.63) is 64.9 Å². The highest BCUT2D eigenvalue weighted by molar-refractivity contribution is 6.30. The molecule has 1 unspecified atom stereocenters. The van der Waals surface area contributed by atoms with E-state index in [0.717, 1.165) is 5.75 Å². The number of likely N-dealkylation sites (N-methyl/N-ethyl adjacent to an activating group) is 1. The minimum Gasteiger partial charge on any atom is -0.492 e. The van der Waals surface area contributed by atoms with Crippen molar-refractivity contribution in [1.82, 2.24) is 5.32 Å². The molecular formula is C16H17ClFNO. The minimum absolute atomic E-state index is 0.0168. The Morgan fingerprint density at radius 2 is 1.95 bits per heavy atom. The number of ether oxygens (including phenoxy) is 1. The summed E-state index contributed by atoms with van der Waals surface area (Å²) in [6, 6.07) is 14.2. The van der Waals surface area contributed by atoms with Crippen molar-refractivity contribution < 1.29 is 9.13 Å². The zero-order valence-corrected chi connectivity index (χ0v) is 12.0. The molecule has 0 saturated heterocycles. The summed E-state index contributed by atoms with van der Waals surface area (Å²) in [5.74, 6) is 0.564. The van der Waals surface area contributed by atoms with Crippen LogP contribution in [0.1, 0.15) is 5.56 Å². The van der Waals surface area contributed by atoms with Gasteiger partial charge in [0.05, 0.1) is 0 Å². The Morgan fingerprint density at radius 3 is 2.65 bits per heavy atom. The van der Waals surface area contributed by atoms with E-state index < -0.39 is 0 Å². The lowest BCUT2D eigenvalue weighted by atomic mass is 10.1. The van der Waals surface area contributed by atoms with Crippen molar-refractivity contribution >= 4 is 11.6 Å². The molecule has 2 aromatic carbocycles. The first-order valence-corrected chi connectivity index (χ1v) is 6.86. The van der Waals surface area contributed by atoms with E-state index in [-0.39, 0.29) is 11.9 Å². The van der Waals surface area contributed by atoms with Crippen molar-refractivity contribution in [1.29, 1.82) is 0 Å². The number of rotatable bonds is 6. The molecule has 2 aromatic rings. The molecule has 0 spiro atoms. The van der Waals surface area contributed by atoms with Gasteiger partial charge in [0.25, 0.3) is 0 Å². The summed E-state index contributed by atoms with van der Waals surface area (Å²) in [7, 11) is 1.83. The van der Waals surface area contributed by atoms with Gasteiger partial charge in [0.1, 0.15) is 18.2 Å². The molecular weight excluding hydrogens is 277 g/mol. The van der Waals surface area contributed by atoms with Gasteiger partial charge in [-0.3, -0.25) is 0 Å². The van der Waals surface area contributed by atoms with Crippen molar-refractivity contribution in [2.45, 2.75) is 12.5 Å². The molecule has 1 N–H and O–H groups in total. The highest BCUT2D eigenvalue weighted by atomic mass is 35.5. The van der Waals surface area contributed by atoms with Crippen LogP contribution in [-0.2, 0) is 6.42 Å². The van der Waals surface area contributed by atoms with Crippen LogP contribution in [0.5, 0.6) is 5.75 Å². The molecule has 0 fully saturated rings. The maximum Gasteiger partial charge on any atom is 0.126 e. The predicted molar refractivity (Wildman–Crippen MR) is 79.9 cm³/mol. The number of hydrogen-bond acceptors (Lipinski definition) is 2. The first-order chi connectivity index (χ1) is 9.69. The van der Waals surface area contributed by atoms with Crippen LogP contribution in [0.25, 0.3) is 0 Å². The zero-order valence-electron chi connectivity index (χ0n) is 11.3. The van der Waals surface area contributed by atoms with Crippen molar-refractivity contribution in [2.24, 2.45) is 0 Å². The lowest BCUT2D eigenvalue weighted by molar-refractivity contribution is 0.269. The number of nitrogens with one attached hydrogen (secondary N) is 1. The van der Waals surface area contributed by atoms with Crippen LogP contribution in [0.4, 0.5) is 4.39 Å². The fourth-order valence-corrected chi connectivity index (χ4v) is 2.12. The van der Waals surface area contributed by atoms with Gasteiger partial charge in [-0.05, 0) is 49.4 Å². The Labute approximate surface area is 123 Å². The number of benzene rings is 2. The van der Waals surface area contributed by atoms with E-state index in [1.165, 1.54) is 6.07 Å². The van der Waals surface area contributed by atoms with Crippen LogP contribution in [-0.4, -0.2) is 19.7 Å². The molecule has 0 heterocycles. The Kier molecular flexibility index (Phi) is 5.39. The molecule has 20 heavy (non-hydrogen) atoms. The minimum atomic E-state index is -0.241. The average molecular weight is 294 g/mol. The smallest absolute Gasteiger partial charge is 0.126 e. The molecule has 0 saturated carbocycles. The molecule has 0 aliphatic rings. The van der Waals surface area contributed by atoms with Crippen LogP contribution < -0.4 is 10.1 Å². The second-order valence-electron chi connectivity index (χ2n) is 4.55. The standard InChI is InChI=1S/C16H17ClFNO/c1-19-14(11-20-15-5-3-2-4-6-15)10-12-9-13(17)7-8-16(12)18/h2-9,14,19H,10-11H2,1H3. The van der Waals surface area contributed by atoms with Gasteiger partial charge in [0.2, 0.25) is 0 Å². The van der Waals surface area contributed by atoms with Crippen LogP contribution >= 0.6 is 11.6 Å². The molecule has 106 valence electrons. The molecule has 1 atom stereocenters. The average Bonchev–Trinajstić information content (AvgIpc) is 2.48. The van der Waals surface area contributed by atoms with Gasteiger partial charge in [0, 0.05) is 11.1 Å². The largest absolute Gasteiger partial charge is 0.492 e. The quantitative estimate of drug-likeness (QED) is 0.877. The molecule has 0 amide bonds. The summed E-state index contributed by atoms with van der Waals surface area (Å²) in [5, 5.41) is 3.67. The van der Waals surface area contributed by atoms with E-state index in [4.69, 9.17) is 16.3 Å². The first-order valence-electron chi connectivity index (χ1n) is 6.48. The lowest BCUT2D eigenvalue weighted by Gasteiger charge is -2.17. The Bertz CT molecular complexity index is 547. The van der Waals surface area contributed by atoms with Crippen molar-refractivity contribution in [2.75, 3.05) is 13.7 Å². The van der Waals surface area contributed by atoms with Gasteiger partial charge < -0.3 is 10.1 Å². The van der Waals surface area contributed by atoms with E-state index in [1.54, 1.807) is 12.1 Å². The highest BCUT2D eigenvalue weighted by Gasteiger charge is 2.12. The fraction of sp³-hybridized carbons (Fsp3) is 0.250. The van der Waals surface area contributed by atoms with Gasteiger partial charge >= 0.3 is 0 Å². The van der Waals surface area contributed by atoms with Crippen molar-refractivity contribution in [3.63, 3.8) is 0 Å². The number of hydrogen-bond donors (Lipinski definition) is 1. The van der Waals surface area contributed by atoms with Crippen LogP contribution in [0.2, 0.25) is 5.02 Å². The molecule has 0 aromatic heterocycles. The number of halogens is 2. The molecule has 2 rings (SSSR count). The Balaban J connectivity index is 1.97. The summed E-state index contributed by atoms with van der Waals surface area (Å²) in [6.07, 6.45) is 0.524. The van der Waals surface area contributed by atoms with Crippen LogP contribution in [0.3, 0.4) is 0 Å². The third-order valence-corrected chi connectivity index (χ3v) is 3.31. The third kappa shape index (κ3) is 4.22. The van der Waals surface area contributed by atoms with Gasteiger partial charge in [-0.15, -0.1) is 0 Å². The van der Waals surface area contributed by atoms with Gasteiger partial charge in [-0.2, -0.15) is 0 Å². The van der Waals surface area contributed by atoms with E-state index in [2.05, 4.69) is 5.32 Å². The summed E-state index contributed by atoms with van der Waals surface area (Å²) < 4.78 is 19.4. The predicted octanol–water partition coefficient (Wildman–Crippen LogP) is 3.69. The fourth-order valence-electron chi connectivity index (χ4n) is 1.92. The Morgan fingerprint density at radius 1 is 1.20 bits per heavy atom. The summed E-state index contributed by atoms with van der Waals surface area (Å²) in [4.78, 5) is 0. The van der Waals surface area contributed by atoms with E-state index >= 15 is 0 Å². The molecule has 0 bridgehead atoms. The Hall–Kier alpha value is -1.58. The number of para-hydroxylation sites is 1. The second-order valence-corrected chi connectivity index (χ2v) is 4.99. The molecule has 2 nitrogen and oxygen atoms in total. The third-order valence-electron chi connectivity index (χ3n) is 3.08. The zero-order chi connectivity index (χ0) is 14.4. The molecule has 4 heteroatoms. The van der Waals surface area contributed by atoms with Crippen LogP contribution in [0.15, 0.2) is 48.5 Å². The first kappa shape index (κ1) is 14.8. The highest BCUT2D eigenvalue weighted by Crippen LogP contribution is 2.17. The lowest BCUT2D eigenvalue weighted by Crippen LogP contribution is -2.34. The normalized spacial score (nSPS) is 12.2. The van der Waals surface area contributed by atoms with E-state index in [1.807, 2.05) is 37.4 Å². The SMILES string of the molecule is CNC(COc1ccccc1)Cc1cc(Cl)ccc1F. The van der Waals surface area contributed by atoms with Crippen molar-refractivity contribution in [3.8, 4) is 5.75 Å². The topological polar surface area (TPSA) is 21.3 Å². The molecule has 0 radical (unpaired) electrons. The summed E-state index contributed by atoms with van der Waals surface area (Å²) >= 11 is 5.90. The van der Waals surface area contributed by atoms with E-state index in [0.29, 0.717) is 23.6 Å². The second kappa shape index (κ2) is 7.27. The maximum atomic E-state index is 13.7. The van der Waals surface area contributed by atoms with Gasteiger partial charge in [-0.1, -0.05) is 29.8 Å². The maximum absolute atomic E-state index is 13.7.